The van der Waals surface area contributed by atoms with Gasteiger partial charge in [0.15, 0.2) is 0 Å². The molecule has 0 bridgehead atoms. The molecule has 0 aromatic carbocycles. The molecule has 1 N–H and O–H groups in total. The fraction of sp³-hybridized carbons (Fsp3) is 0.500. The number of anilines is 2. The fourth-order valence-electron chi connectivity index (χ4n) is 1.29. The van der Waals surface area contributed by atoms with Gasteiger partial charge < -0.3 is 10.2 Å². The Morgan fingerprint density at radius 3 is 2.54 bits per heavy atom. The maximum absolute atomic E-state index is 4.45. The highest BCUT2D eigenvalue weighted by Gasteiger charge is 2.02. The van der Waals surface area contributed by atoms with E-state index in [4.69, 9.17) is 0 Å². The Kier molecular flexibility index (Phi) is 3.55. The van der Waals surface area contributed by atoms with Crippen LogP contribution in [-0.4, -0.2) is 25.1 Å². The van der Waals surface area contributed by atoms with E-state index in [-0.39, 0.29) is 0 Å². The maximum Gasteiger partial charge on any atom is 0.130 e. The summed E-state index contributed by atoms with van der Waals surface area (Å²) in [5, 5.41) is 3.03. The maximum atomic E-state index is 4.45. The minimum absolute atomic E-state index is 0.921. The Hall–Kier alpha value is -1.25. The van der Waals surface area contributed by atoms with Gasteiger partial charge in [0, 0.05) is 20.1 Å². The smallest absolute Gasteiger partial charge is 0.130 e. The van der Waals surface area contributed by atoms with Crippen LogP contribution in [0, 0.1) is 0 Å². The molecule has 72 valence electrons. The third-order valence-electron chi connectivity index (χ3n) is 2.08. The lowest BCUT2D eigenvalue weighted by molar-refractivity contribution is 0.847. The average molecular weight is 179 g/mol. The van der Waals surface area contributed by atoms with Gasteiger partial charge in [-0.15, -0.1) is 0 Å². The molecule has 0 radical (unpaired) electrons. The Bertz CT molecular complexity index is 256. The highest BCUT2D eigenvalue weighted by Crippen LogP contribution is 2.12. The number of rotatable bonds is 4. The van der Waals surface area contributed by atoms with Crippen molar-refractivity contribution in [3.8, 4) is 0 Å². The van der Waals surface area contributed by atoms with Gasteiger partial charge in [-0.05, 0) is 26.0 Å². The molecule has 0 aliphatic rings. The Balaban J connectivity index is 2.86. The summed E-state index contributed by atoms with van der Waals surface area (Å²) in [6.45, 7) is 6.27. The molecule has 0 unspecified atom stereocenters. The monoisotopic (exact) mass is 179 g/mol. The Morgan fingerprint density at radius 2 is 2.00 bits per heavy atom. The minimum Gasteiger partial charge on any atom is -0.373 e. The fourth-order valence-corrected chi connectivity index (χ4v) is 1.29. The van der Waals surface area contributed by atoms with Crippen molar-refractivity contribution in [3.63, 3.8) is 0 Å². The van der Waals surface area contributed by atoms with Gasteiger partial charge in [-0.3, -0.25) is 0 Å². The largest absolute Gasteiger partial charge is 0.373 e. The van der Waals surface area contributed by atoms with E-state index >= 15 is 0 Å². The summed E-state index contributed by atoms with van der Waals surface area (Å²) in [5.41, 5.74) is 0. The first-order valence-corrected chi connectivity index (χ1v) is 4.71. The van der Waals surface area contributed by atoms with Crippen LogP contribution in [-0.2, 0) is 0 Å². The summed E-state index contributed by atoms with van der Waals surface area (Å²) < 4.78 is 0. The van der Waals surface area contributed by atoms with E-state index in [2.05, 4.69) is 29.0 Å². The molecule has 0 atom stereocenters. The molecule has 0 aliphatic carbocycles. The first kappa shape index (κ1) is 9.84. The van der Waals surface area contributed by atoms with E-state index < -0.39 is 0 Å². The van der Waals surface area contributed by atoms with Gasteiger partial charge >= 0.3 is 0 Å². The Morgan fingerprint density at radius 1 is 1.31 bits per heavy atom. The molecule has 0 fully saturated rings. The van der Waals surface area contributed by atoms with Gasteiger partial charge in [-0.25, -0.2) is 4.98 Å². The number of aromatic nitrogens is 1. The van der Waals surface area contributed by atoms with Crippen molar-refractivity contribution in [2.45, 2.75) is 13.8 Å². The van der Waals surface area contributed by atoms with E-state index in [9.17, 15) is 0 Å². The van der Waals surface area contributed by atoms with Crippen LogP contribution >= 0.6 is 0 Å². The van der Waals surface area contributed by atoms with Crippen LogP contribution in [0.15, 0.2) is 18.2 Å². The predicted molar refractivity (Wildman–Crippen MR) is 57.3 cm³/mol. The van der Waals surface area contributed by atoms with E-state index in [1.807, 2.05) is 25.2 Å². The normalized spacial score (nSPS) is 9.77. The molecule has 0 amide bonds. The quantitative estimate of drug-likeness (QED) is 0.766. The number of nitrogens with zero attached hydrogens (tertiary/aromatic N) is 2. The molecule has 1 heterocycles. The Labute approximate surface area is 79.8 Å². The number of nitrogens with one attached hydrogen (secondary N) is 1. The molecule has 0 spiro atoms. The summed E-state index contributed by atoms with van der Waals surface area (Å²) in [5.74, 6) is 1.96. The first-order valence-electron chi connectivity index (χ1n) is 4.71. The highest BCUT2D eigenvalue weighted by atomic mass is 15.2. The second kappa shape index (κ2) is 4.70. The zero-order chi connectivity index (χ0) is 9.68. The van der Waals surface area contributed by atoms with Crippen LogP contribution in [0.4, 0.5) is 11.6 Å². The molecule has 1 rings (SSSR count). The van der Waals surface area contributed by atoms with Crippen LogP contribution in [0.25, 0.3) is 0 Å². The van der Waals surface area contributed by atoms with Crippen molar-refractivity contribution in [2.24, 2.45) is 0 Å². The van der Waals surface area contributed by atoms with Crippen molar-refractivity contribution in [1.82, 2.24) is 4.98 Å². The molecule has 3 nitrogen and oxygen atoms in total. The van der Waals surface area contributed by atoms with Crippen LogP contribution in [0.5, 0.6) is 0 Å². The predicted octanol–water partition coefficient (Wildman–Crippen LogP) is 1.97. The van der Waals surface area contributed by atoms with Gasteiger partial charge in [-0.1, -0.05) is 6.07 Å². The van der Waals surface area contributed by atoms with Gasteiger partial charge in [0.2, 0.25) is 0 Å². The average Bonchev–Trinajstić information content (AvgIpc) is 2.20. The number of pyridine rings is 1. The van der Waals surface area contributed by atoms with Gasteiger partial charge in [0.1, 0.15) is 11.6 Å². The SMILES string of the molecule is CCN(CC)c1cccc(NC)n1. The lowest BCUT2D eigenvalue weighted by atomic mass is 10.4. The standard InChI is InChI=1S/C10H17N3/c1-4-13(5-2)10-8-6-7-9(11-3)12-10/h6-8H,4-5H2,1-3H3,(H,11,12). The zero-order valence-electron chi connectivity index (χ0n) is 8.54. The number of hydrogen-bond acceptors (Lipinski definition) is 3. The van der Waals surface area contributed by atoms with Crippen molar-refractivity contribution < 1.29 is 0 Å². The van der Waals surface area contributed by atoms with Crippen molar-refractivity contribution in [2.75, 3.05) is 30.4 Å². The first-order chi connectivity index (χ1) is 6.31. The molecular weight excluding hydrogens is 162 g/mol. The summed E-state index contributed by atoms with van der Waals surface area (Å²) in [6, 6.07) is 6.02. The lowest BCUT2D eigenvalue weighted by Crippen LogP contribution is -2.22. The minimum atomic E-state index is 0.921. The van der Waals surface area contributed by atoms with Gasteiger partial charge in [-0.2, -0.15) is 0 Å². The van der Waals surface area contributed by atoms with E-state index in [1.165, 1.54) is 0 Å². The topological polar surface area (TPSA) is 28.2 Å². The molecule has 1 aromatic rings. The molecule has 1 aromatic heterocycles. The zero-order valence-corrected chi connectivity index (χ0v) is 8.54. The summed E-state index contributed by atoms with van der Waals surface area (Å²) >= 11 is 0. The highest BCUT2D eigenvalue weighted by molar-refractivity contribution is 5.46. The van der Waals surface area contributed by atoms with Crippen LogP contribution in [0.2, 0.25) is 0 Å². The third-order valence-corrected chi connectivity index (χ3v) is 2.08. The van der Waals surface area contributed by atoms with Crippen LogP contribution < -0.4 is 10.2 Å². The van der Waals surface area contributed by atoms with Crippen molar-refractivity contribution >= 4 is 11.6 Å². The molecule has 13 heavy (non-hydrogen) atoms. The van der Waals surface area contributed by atoms with Crippen molar-refractivity contribution in [1.29, 1.82) is 0 Å². The van der Waals surface area contributed by atoms with Crippen LogP contribution in [0.3, 0.4) is 0 Å². The van der Waals surface area contributed by atoms with Crippen LogP contribution in [0.1, 0.15) is 13.8 Å². The molecule has 0 saturated carbocycles. The molecule has 0 aliphatic heterocycles. The lowest BCUT2D eigenvalue weighted by Gasteiger charge is -2.19. The number of hydrogen-bond donors (Lipinski definition) is 1. The van der Waals surface area contributed by atoms with Gasteiger partial charge in [0.05, 0.1) is 0 Å². The van der Waals surface area contributed by atoms with E-state index in [1.54, 1.807) is 0 Å². The van der Waals surface area contributed by atoms with E-state index in [0.29, 0.717) is 0 Å². The molecular formula is C10H17N3. The molecule has 3 heteroatoms. The van der Waals surface area contributed by atoms with Crippen molar-refractivity contribution in [3.05, 3.63) is 18.2 Å². The second-order valence-corrected chi connectivity index (χ2v) is 2.80. The van der Waals surface area contributed by atoms with E-state index in [0.717, 1.165) is 24.7 Å². The third kappa shape index (κ3) is 2.34. The summed E-state index contributed by atoms with van der Waals surface area (Å²) in [6.07, 6.45) is 0. The summed E-state index contributed by atoms with van der Waals surface area (Å²) in [4.78, 5) is 6.67. The molecule has 0 saturated heterocycles. The second-order valence-electron chi connectivity index (χ2n) is 2.80. The van der Waals surface area contributed by atoms with Gasteiger partial charge in [0.25, 0.3) is 0 Å². The summed E-state index contributed by atoms with van der Waals surface area (Å²) in [7, 11) is 1.88.